The Bertz CT molecular complexity index is 753. The summed E-state index contributed by atoms with van der Waals surface area (Å²) in [5.41, 5.74) is 0. The predicted octanol–water partition coefficient (Wildman–Crippen LogP) is 1.98. The number of amides is 2. The molecule has 0 aromatic carbocycles. The van der Waals surface area contributed by atoms with E-state index in [2.05, 4.69) is 0 Å². The average Bonchev–Trinajstić information content (AvgIpc) is 3.40. The number of hydrogen-bond acceptors (Lipinski definition) is 5. The van der Waals surface area contributed by atoms with Crippen LogP contribution in [0.4, 0.5) is 0 Å². The van der Waals surface area contributed by atoms with Gasteiger partial charge in [-0.1, -0.05) is 15.5 Å². The Hall–Kier alpha value is -1.29. The molecule has 0 bridgehead atoms. The van der Waals surface area contributed by atoms with Gasteiger partial charge >= 0.3 is 0 Å². The van der Waals surface area contributed by atoms with Crippen LogP contribution in [0.15, 0.2) is 21.7 Å². The molecule has 3 fully saturated rings. The Kier molecular flexibility index (Phi) is 5.87. The number of carbonyl (C=O) groups is 2. The van der Waals surface area contributed by atoms with Crippen molar-refractivity contribution in [2.45, 2.75) is 48.8 Å². The van der Waals surface area contributed by atoms with Crippen molar-refractivity contribution in [3.05, 3.63) is 17.5 Å². The minimum absolute atomic E-state index is 0.0974. The van der Waals surface area contributed by atoms with Gasteiger partial charge in [0.25, 0.3) is 0 Å². The molecule has 1 aromatic rings. The maximum absolute atomic E-state index is 12.9. The van der Waals surface area contributed by atoms with Crippen molar-refractivity contribution < 1.29 is 18.4 Å². The molecule has 3 aliphatic rings. The molecule has 4 rings (SSSR count). The third kappa shape index (κ3) is 3.90. The number of hydrogen-bond donors (Lipinski definition) is 0. The number of sulfonamides is 1. The van der Waals surface area contributed by atoms with E-state index in [1.54, 1.807) is 17.5 Å². The van der Waals surface area contributed by atoms with Crippen LogP contribution in [-0.2, 0) is 24.2 Å². The zero-order valence-corrected chi connectivity index (χ0v) is 17.6. The first kappa shape index (κ1) is 20.0. The Morgan fingerprint density at radius 2 is 1.82 bits per heavy atom. The third-order valence-electron chi connectivity index (χ3n) is 6.22. The second kappa shape index (κ2) is 8.22. The van der Waals surface area contributed by atoms with Gasteiger partial charge in [-0.25, -0.2) is 0 Å². The summed E-state index contributed by atoms with van der Waals surface area (Å²) in [4.78, 5) is 28.8. The molecule has 1 aromatic heterocycles. The number of carbonyl (C=O) groups excluding carboxylic acids is 2. The number of piperidine rings is 2. The van der Waals surface area contributed by atoms with Crippen molar-refractivity contribution >= 4 is 33.6 Å². The molecular formula is C19H27N3O4S2. The van der Waals surface area contributed by atoms with Gasteiger partial charge in [0.1, 0.15) is 0 Å². The summed E-state index contributed by atoms with van der Waals surface area (Å²) in [5.74, 6) is 0.309. The lowest BCUT2D eigenvalue weighted by Gasteiger charge is -2.39. The van der Waals surface area contributed by atoms with Gasteiger partial charge in [0.15, 0.2) is 10.4 Å². The van der Waals surface area contributed by atoms with Gasteiger partial charge < -0.3 is 14.4 Å². The van der Waals surface area contributed by atoms with Crippen LogP contribution < -0.4 is 0 Å². The molecule has 4 heterocycles. The number of thiophene rings is 1. The molecule has 9 heteroatoms. The normalized spacial score (nSPS) is 25.2. The van der Waals surface area contributed by atoms with E-state index in [0.717, 1.165) is 25.8 Å². The zero-order valence-electron chi connectivity index (χ0n) is 16.0. The highest BCUT2D eigenvalue weighted by Gasteiger charge is 2.39. The van der Waals surface area contributed by atoms with Gasteiger partial charge in [-0.15, -0.1) is 4.31 Å². The van der Waals surface area contributed by atoms with Gasteiger partial charge in [0.05, 0.1) is 0 Å². The topological polar surface area (TPSA) is 84.0 Å². The largest absolute Gasteiger partial charge is 0.592 e. The lowest BCUT2D eigenvalue weighted by atomic mass is 9.94. The standard InChI is InChI=1S/C19H27N3O4S2/c23-17-3-1-9-22(17)16-7-10-20(11-8-16)19(24)15-5-12-21(13-6-15)28(25,26)18-4-2-14-27-18/h2,4,14-16H,1,3,5-13H2. The highest BCUT2D eigenvalue weighted by Crippen LogP contribution is 2.31. The minimum Gasteiger partial charge on any atom is -0.592 e. The molecule has 1 unspecified atom stereocenters. The molecule has 3 aliphatic heterocycles. The average molecular weight is 426 g/mol. The number of nitrogens with zero attached hydrogens (tertiary/aromatic N) is 3. The lowest BCUT2D eigenvalue weighted by Crippen LogP contribution is -2.50. The Morgan fingerprint density at radius 1 is 1.11 bits per heavy atom. The predicted molar refractivity (Wildman–Crippen MR) is 106 cm³/mol. The summed E-state index contributed by atoms with van der Waals surface area (Å²) < 4.78 is 27.1. The highest BCUT2D eigenvalue weighted by molar-refractivity contribution is 7.97. The molecule has 28 heavy (non-hydrogen) atoms. The van der Waals surface area contributed by atoms with E-state index < -0.39 is 10.4 Å². The zero-order chi connectivity index (χ0) is 19.7. The lowest BCUT2D eigenvalue weighted by molar-refractivity contribution is -0.139. The summed E-state index contributed by atoms with van der Waals surface area (Å²) >= 11 is 1.23. The van der Waals surface area contributed by atoms with Gasteiger partial charge in [0, 0.05) is 57.2 Å². The van der Waals surface area contributed by atoms with Crippen LogP contribution in [0.3, 0.4) is 0 Å². The molecule has 0 radical (unpaired) electrons. The summed E-state index contributed by atoms with van der Waals surface area (Å²) in [6.07, 6.45) is 4.46. The van der Waals surface area contributed by atoms with E-state index in [4.69, 9.17) is 0 Å². The third-order valence-corrected chi connectivity index (χ3v) is 9.49. The van der Waals surface area contributed by atoms with E-state index >= 15 is 0 Å². The smallest absolute Gasteiger partial charge is 0.229 e. The molecule has 0 saturated carbocycles. The van der Waals surface area contributed by atoms with Crippen molar-refractivity contribution in [1.29, 1.82) is 0 Å². The van der Waals surface area contributed by atoms with E-state index in [1.165, 1.54) is 15.6 Å². The van der Waals surface area contributed by atoms with Crippen LogP contribution in [0.25, 0.3) is 0 Å². The van der Waals surface area contributed by atoms with E-state index in [1.807, 2.05) is 9.80 Å². The Morgan fingerprint density at radius 3 is 2.39 bits per heavy atom. The Balaban J connectivity index is 1.28. The summed E-state index contributed by atoms with van der Waals surface area (Å²) in [5, 5.41) is 1.77. The second-order valence-corrected chi connectivity index (χ2v) is 11.0. The second-order valence-electron chi connectivity index (χ2n) is 7.86. The molecule has 3 saturated heterocycles. The van der Waals surface area contributed by atoms with E-state index in [9.17, 15) is 18.4 Å². The highest BCUT2D eigenvalue weighted by atomic mass is 32.3. The van der Waals surface area contributed by atoms with Crippen LogP contribution in [-0.4, -0.2) is 69.2 Å². The monoisotopic (exact) mass is 425 g/mol. The first-order valence-corrected chi connectivity index (χ1v) is 12.4. The van der Waals surface area contributed by atoms with E-state index in [0.29, 0.717) is 49.7 Å². The molecule has 1 atom stereocenters. The van der Waals surface area contributed by atoms with Gasteiger partial charge in [-0.3, -0.25) is 9.59 Å². The first-order valence-electron chi connectivity index (χ1n) is 10.1. The number of likely N-dealkylation sites (tertiary alicyclic amines) is 2. The van der Waals surface area contributed by atoms with Crippen LogP contribution in [0.5, 0.6) is 0 Å². The maximum atomic E-state index is 12.9. The first-order chi connectivity index (χ1) is 13.5. The molecular weight excluding hydrogens is 398 g/mol. The van der Waals surface area contributed by atoms with Crippen molar-refractivity contribution in [3.63, 3.8) is 0 Å². The van der Waals surface area contributed by atoms with Crippen molar-refractivity contribution in [2.75, 3.05) is 32.7 Å². The maximum Gasteiger partial charge on any atom is 0.229 e. The quantitative estimate of drug-likeness (QED) is 0.691. The Labute approximate surface area is 171 Å². The van der Waals surface area contributed by atoms with E-state index in [-0.39, 0.29) is 23.8 Å². The van der Waals surface area contributed by atoms with Crippen molar-refractivity contribution in [2.24, 2.45) is 5.92 Å². The van der Waals surface area contributed by atoms with Crippen LogP contribution >= 0.6 is 11.3 Å². The minimum atomic E-state index is -3.43. The van der Waals surface area contributed by atoms with Crippen LogP contribution in [0, 0.1) is 5.92 Å². The molecule has 0 N–H and O–H groups in total. The van der Waals surface area contributed by atoms with Gasteiger partial charge in [-0.2, -0.15) is 0 Å². The SMILES string of the molecule is O=C(C1CCN([S+](=O)([O-])c2cccs2)CC1)N1CCC(N2CCCC2=O)CC1. The van der Waals surface area contributed by atoms with Crippen LogP contribution in [0.1, 0.15) is 38.5 Å². The van der Waals surface area contributed by atoms with Crippen LogP contribution in [0.2, 0.25) is 0 Å². The molecule has 0 spiro atoms. The molecule has 154 valence electrons. The fraction of sp³-hybridized carbons (Fsp3) is 0.684. The molecule has 7 nitrogen and oxygen atoms in total. The number of rotatable bonds is 4. The summed E-state index contributed by atoms with van der Waals surface area (Å²) in [7, 11) is -3.43. The molecule has 2 amide bonds. The van der Waals surface area contributed by atoms with Gasteiger partial charge in [-0.05, 0) is 43.6 Å². The van der Waals surface area contributed by atoms with Crippen molar-refractivity contribution in [1.82, 2.24) is 14.1 Å². The molecule has 0 aliphatic carbocycles. The summed E-state index contributed by atoms with van der Waals surface area (Å²) in [6, 6.07) is 3.65. The van der Waals surface area contributed by atoms with Gasteiger partial charge in [0.2, 0.25) is 16.0 Å². The van der Waals surface area contributed by atoms with Crippen molar-refractivity contribution in [3.8, 4) is 0 Å². The summed E-state index contributed by atoms with van der Waals surface area (Å²) in [6.45, 7) is 3.04. The fourth-order valence-corrected chi connectivity index (χ4v) is 7.21. The fourth-order valence-electron chi connectivity index (χ4n) is 4.59.